The maximum absolute atomic E-state index is 4.47. The fourth-order valence-electron chi connectivity index (χ4n) is 1.72. The molecule has 2 rings (SSSR count). The molecular weight excluding hydrogens is 232 g/mol. The van der Waals surface area contributed by atoms with E-state index in [0.717, 1.165) is 31.7 Å². The van der Waals surface area contributed by atoms with E-state index in [0.29, 0.717) is 0 Å². The first-order chi connectivity index (χ1) is 8.24. The Labute approximate surface area is 106 Å². The van der Waals surface area contributed by atoms with Crippen LogP contribution in [0.5, 0.6) is 0 Å². The van der Waals surface area contributed by atoms with Crippen LogP contribution >= 0.6 is 11.3 Å². The first-order valence-corrected chi connectivity index (χ1v) is 6.69. The molecule has 0 fully saturated rings. The molecule has 0 radical (unpaired) electrons. The average molecular weight is 250 g/mol. The zero-order valence-electron chi connectivity index (χ0n) is 10.3. The zero-order chi connectivity index (χ0) is 12.1. The Hall–Kier alpha value is -1.20. The van der Waals surface area contributed by atoms with Crippen LogP contribution in [0.25, 0.3) is 0 Å². The minimum Gasteiger partial charge on any atom is -0.300 e. The SMILES string of the molecule is Cc1csc(CN(C)CCCn2cccn2)n1. The van der Waals surface area contributed by atoms with Gasteiger partial charge in [0.05, 0.1) is 6.54 Å². The first kappa shape index (κ1) is 12.3. The molecular formula is C12H18N4S. The number of hydrogen-bond donors (Lipinski definition) is 0. The van der Waals surface area contributed by atoms with Crippen molar-refractivity contribution in [3.05, 3.63) is 34.5 Å². The van der Waals surface area contributed by atoms with Gasteiger partial charge in [-0.2, -0.15) is 5.10 Å². The Balaban J connectivity index is 1.69. The predicted octanol–water partition coefficient (Wildman–Crippen LogP) is 2.17. The molecule has 5 heteroatoms. The van der Waals surface area contributed by atoms with Crippen LogP contribution in [0.2, 0.25) is 0 Å². The van der Waals surface area contributed by atoms with Gasteiger partial charge in [0.15, 0.2) is 0 Å². The minimum atomic E-state index is 0.942. The van der Waals surface area contributed by atoms with Gasteiger partial charge in [-0.3, -0.25) is 9.58 Å². The summed E-state index contributed by atoms with van der Waals surface area (Å²) < 4.78 is 1.97. The van der Waals surface area contributed by atoms with Gasteiger partial charge in [0.1, 0.15) is 5.01 Å². The van der Waals surface area contributed by atoms with Crippen molar-refractivity contribution in [3.63, 3.8) is 0 Å². The summed E-state index contributed by atoms with van der Waals surface area (Å²) >= 11 is 1.74. The second kappa shape index (κ2) is 5.93. The van der Waals surface area contributed by atoms with Crippen molar-refractivity contribution in [3.8, 4) is 0 Å². The molecule has 92 valence electrons. The highest BCUT2D eigenvalue weighted by Gasteiger charge is 2.03. The van der Waals surface area contributed by atoms with Gasteiger partial charge in [-0.25, -0.2) is 4.98 Å². The summed E-state index contributed by atoms with van der Waals surface area (Å²) in [5, 5.41) is 7.49. The second-order valence-corrected chi connectivity index (χ2v) is 5.19. The molecule has 2 aromatic rings. The summed E-state index contributed by atoms with van der Waals surface area (Å²) in [4.78, 5) is 6.78. The third-order valence-electron chi connectivity index (χ3n) is 2.56. The highest BCUT2D eigenvalue weighted by atomic mass is 32.1. The summed E-state index contributed by atoms with van der Waals surface area (Å²) in [5.74, 6) is 0. The van der Waals surface area contributed by atoms with Gasteiger partial charge in [0.2, 0.25) is 0 Å². The van der Waals surface area contributed by atoms with Crippen molar-refractivity contribution in [1.82, 2.24) is 19.7 Å². The van der Waals surface area contributed by atoms with Gasteiger partial charge in [-0.1, -0.05) is 0 Å². The van der Waals surface area contributed by atoms with Gasteiger partial charge in [0, 0.05) is 36.6 Å². The van der Waals surface area contributed by atoms with Crippen molar-refractivity contribution < 1.29 is 0 Å². The maximum Gasteiger partial charge on any atom is 0.107 e. The third-order valence-corrected chi connectivity index (χ3v) is 3.51. The molecule has 2 heterocycles. The molecule has 0 bridgehead atoms. The molecule has 0 unspecified atom stereocenters. The van der Waals surface area contributed by atoms with Crippen molar-refractivity contribution in [1.29, 1.82) is 0 Å². The molecule has 0 saturated heterocycles. The fraction of sp³-hybridized carbons (Fsp3) is 0.500. The minimum absolute atomic E-state index is 0.942. The molecule has 0 saturated carbocycles. The number of aryl methyl sites for hydroxylation is 2. The van der Waals surface area contributed by atoms with E-state index in [2.05, 4.69) is 27.4 Å². The zero-order valence-corrected chi connectivity index (χ0v) is 11.2. The van der Waals surface area contributed by atoms with Crippen LogP contribution in [0.15, 0.2) is 23.8 Å². The molecule has 0 aliphatic carbocycles. The summed E-state index contributed by atoms with van der Waals surface area (Å²) in [6, 6.07) is 1.96. The van der Waals surface area contributed by atoms with E-state index in [4.69, 9.17) is 0 Å². The molecule has 0 aliphatic heterocycles. The molecule has 0 aliphatic rings. The average Bonchev–Trinajstić information content (AvgIpc) is 2.90. The smallest absolute Gasteiger partial charge is 0.107 e. The van der Waals surface area contributed by atoms with E-state index in [9.17, 15) is 0 Å². The van der Waals surface area contributed by atoms with E-state index in [1.807, 2.05) is 30.1 Å². The lowest BCUT2D eigenvalue weighted by molar-refractivity contribution is 0.311. The van der Waals surface area contributed by atoms with Crippen molar-refractivity contribution in [2.75, 3.05) is 13.6 Å². The van der Waals surface area contributed by atoms with Crippen LogP contribution in [0.1, 0.15) is 17.1 Å². The normalized spacial score (nSPS) is 11.2. The van der Waals surface area contributed by atoms with Crippen LogP contribution in [-0.2, 0) is 13.1 Å². The second-order valence-electron chi connectivity index (χ2n) is 4.24. The van der Waals surface area contributed by atoms with E-state index in [1.54, 1.807) is 11.3 Å². The summed E-state index contributed by atoms with van der Waals surface area (Å²) in [5.41, 5.74) is 1.12. The summed E-state index contributed by atoms with van der Waals surface area (Å²) in [7, 11) is 2.14. The van der Waals surface area contributed by atoms with Crippen molar-refractivity contribution in [2.24, 2.45) is 0 Å². The fourth-order valence-corrected chi connectivity index (χ4v) is 2.57. The van der Waals surface area contributed by atoms with Gasteiger partial charge < -0.3 is 0 Å². The Kier molecular flexibility index (Phi) is 4.28. The summed E-state index contributed by atoms with van der Waals surface area (Å²) in [6.07, 6.45) is 4.94. The van der Waals surface area contributed by atoms with E-state index in [-0.39, 0.29) is 0 Å². The standard InChI is InChI=1S/C12H18N4S/c1-11-10-17-12(14-11)9-15(2)6-4-8-16-7-3-5-13-16/h3,5,7,10H,4,6,8-9H2,1-2H3. The van der Waals surface area contributed by atoms with Crippen LogP contribution in [0.4, 0.5) is 0 Å². The Morgan fingerprint density at radius 1 is 1.47 bits per heavy atom. The highest BCUT2D eigenvalue weighted by molar-refractivity contribution is 7.09. The lowest BCUT2D eigenvalue weighted by atomic mass is 10.4. The molecule has 4 nitrogen and oxygen atoms in total. The van der Waals surface area contributed by atoms with Gasteiger partial charge >= 0.3 is 0 Å². The molecule has 0 N–H and O–H groups in total. The van der Waals surface area contributed by atoms with E-state index < -0.39 is 0 Å². The lowest BCUT2D eigenvalue weighted by Crippen LogP contribution is -2.20. The van der Waals surface area contributed by atoms with E-state index in [1.165, 1.54) is 5.01 Å². The number of thiazole rings is 1. The number of rotatable bonds is 6. The van der Waals surface area contributed by atoms with Crippen LogP contribution in [0.3, 0.4) is 0 Å². The topological polar surface area (TPSA) is 34.0 Å². The van der Waals surface area contributed by atoms with E-state index >= 15 is 0 Å². The number of nitrogens with zero attached hydrogens (tertiary/aromatic N) is 4. The lowest BCUT2D eigenvalue weighted by Gasteiger charge is -2.14. The van der Waals surface area contributed by atoms with Crippen LogP contribution < -0.4 is 0 Å². The molecule has 0 aromatic carbocycles. The predicted molar refractivity (Wildman–Crippen MR) is 70.0 cm³/mol. The van der Waals surface area contributed by atoms with Gasteiger partial charge in [0.25, 0.3) is 0 Å². The number of aromatic nitrogens is 3. The first-order valence-electron chi connectivity index (χ1n) is 5.81. The van der Waals surface area contributed by atoms with Gasteiger partial charge in [-0.05, 0) is 26.5 Å². The molecule has 0 spiro atoms. The molecule has 17 heavy (non-hydrogen) atoms. The molecule has 0 amide bonds. The van der Waals surface area contributed by atoms with Crippen molar-refractivity contribution >= 4 is 11.3 Å². The van der Waals surface area contributed by atoms with Gasteiger partial charge in [-0.15, -0.1) is 11.3 Å². The number of hydrogen-bond acceptors (Lipinski definition) is 4. The van der Waals surface area contributed by atoms with Crippen LogP contribution in [-0.4, -0.2) is 33.3 Å². The monoisotopic (exact) mass is 250 g/mol. The summed E-state index contributed by atoms with van der Waals surface area (Å²) in [6.45, 7) is 5.03. The Morgan fingerprint density at radius 3 is 3.00 bits per heavy atom. The Morgan fingerprint density at radius 2 is 2.35 bits per heavy atom. The largest absolute Gasteiger partial charge is 0.300 e. The van der Waals surface area contributed by atoms with Crippen LogP contribution in [0, 0.1) is 6.92 Å². The molecule has 2 aromatic heterocycles. The molecule has 0 atom stereocenters. The Bertz CT molecular complexity index is 435. The van der Waals surface area contributed by atoms with Crippen molar-refractivity contribution in [2.45, 2.75) is 26.4 Å². The highest BCUT2D eigenvalue weighted by Crippen LogP contribution is 2.10. The maximum atomic E-state index is 4.47. The quantitative estimate of drug-likeness (QED) is 0.788. The third kappa shape index (κ3) is 3.94.